The lowest BCUT2D eigenvalue weighted by Gasteiger charge is -2.16. The van der Waals surface area contributed by atoms with Gasteiger partial charge in [0.1, 0.15) is 22.9 Å². The molecule has 0 spiro atoms. The van der Waals surface area contributed by atoms with E-state index in [4.69, 9.17) is 25.8 Å². The van der Waals surface area contributed by atoms with Crippen molar-refractivity contribution in [1.29, 1.82) is 0 Å². The monoisotopic (exact) mass is 583 g/mol. The van der Waals surface area contributed by atoms with Gasteiger partial charge in [-0.1, -0.05) is 29.8 Å². The van der Waals surface area contributed by atoms with Gasteiger partial charge in [-0.25, -0.2) is 24.9 Å². The lowest BCUT2D eigenvalue weighted by molar-refractivity contribution is 0.327. The van der Waals surface area contributed by atoms with Gasteiger partial charge in [0.2, 0.25) is 5.88 Å². The molecule has 5 aromatic rings. The van der Waals surface area contributed by atoms with Crippen LogP contribution in [0.15, 0.2) is 59.8 Å². The number of sulfonamides is 1. The highest BCUT2D eigenvalue weighted by Gasteiger charge is 2.26. The molecular weight excluding hydrogens is 558 g/mol. The highest BCUT2D eigenvalue weighted by Crippen LogP contribution is 2.38. The Morgan fingerprint density at radius 3 is 2.35 bits per heavy atom. The van der Waals surface area contributed by atoms with Crippen LogP contribution in [-0.2, 0) is 10.0 Å². The zero-order valence-electron chi connectivity index (χ0n) is 21.9. The molecule has 0 atom stereocenters. The van der Waals surface area contributed by atoms with Gasteiger partial charge < -0.3 is 14.2 Å². The molecule has 208 valence electrons. The Morgan fingerprint density at radius 2 is 1.70 bits per heavy atom. The summed E-state index contributed by atoms with van der Waals surface area (Å²) < 4.78 is 47.1. The van der Waals surface area contributed by atoms with E-state index in [2.05, 4.69) is 29.6 Å². The molecule has 0 fully saturated rings. The van der Waals surface area contributed by atoms with Crippen LogP contribution in [0.5, 0.6) is 17.4 Å². The molecule has 4 aromatic heterocycles. The molecule has 14 heteroatoms. The Bertz CT molecular complexity index is 1800. The summed E-state index contributed by atoms with van der Waals surface area (Å²) in [4.78, 5) is 22.2. The molecule has 0 amide bonds. The Hall–Kier alpha value is -4.49. The van der Waals surface area contributed by atoms with Gasteiger partial charge in [0, 0.05) is 13.7 Å². The minimum atomic E-state index is -4.14. The van der Waals surface area contributed by atoms with Crippen molar-refractivity contribution in [3.05, 3.63) is 65.4 Å². The first-order chi connectivity index (χ1) is 19.2. The van der Waals surface area contributed by atoms with Gasteiger partial charge in [-0.05, 0) is 43.7 Å². The minimum absolute atomic E-state index is 0. The highest BCUT2D eigenvalue weighted by molar-refractivity contribution is 7.92. The third kappa shape index (κ3) is 5.08. The zero-order valence-corrected chi connectivity index (χ0v) is 23.5. The fraction of sp³-hybridized carbons (Fsp3) is 0.192. The average Bonchev–Trinajstić information content (AvgIpc) is 3.30. The normalized spacial score (nSPS) is 11.4. The summed E-state index contributed by atoms with van der Waals surface area (Å²) in [6.07, 6.45) is 1.45. The molecule has 0 bridgehead atoms. The maximum absolute atomic E-state index is 13.1. The van der Waals surface area contributed by atoms with Crippen molar-refractivity contribution in [3.63, 3.8) is 0 Å². The first-order valence-electron chi connectivity index (χ1n) is 12.0. The van der Waals surface area contributed by atoms with Crippen molar-refractivity contribution in [3.8, 4) is 34.6 Å². The molecule has 0 saturated carbocycles. The Balaban J connectivity index is 0.00000387. The molecule has 0 radical (unpaired) electrons. The summed E-state index contributed by atoms with van der Waals surface area (Å²) in [5.41, 5.74) is 1.98. The summed E-state index contributed by atoms with van der Waals surface area (Å²) in [7, 11) is -1.11. The van der Waals surface area contributed by atoms with Gasteiger partial charge >= 0.3 is 0 Å². The molecule has 5 rings (SSSR count). The smallest absolute Gasteiger partial charge is 0.280 e. The summed E-state index contributed by atoms with van der Waals surface area (Å²) in [5, 5.41) is -0.406. The molecule has 40 heavy (non-hydrogen) atoms. The summed E-state index contributed by atoms with van der Waals surface area (Å²) in [5.74, 6) is 1.36. The van der Waals surface area contributed by atoms with Crippen LogP contribution in [0.25, 0.3) is 28.5 Å². The van der Waals surface area contributed by atoms with Crippen molar-refractivity contribution in [2.75, 3.05) is 25.5 Å². The molecule has 4 heterocycles. The number of nitrogens with one attached hydrogen (secondary N) is 1. The van der Waals surface area contributed by atoms with Crippen LogP contribution in [0.1, 0.15) is 13.9 Å². The van der Waals surface area contributed by atoms with Crippen LogP contribution in [0.4, 0.5) is 5.82 Å². The summed E-state index contributed by atoms with van der Waals surface area (Å²) in [6, 6.07) is 13.5. The van der Waals surface area contributed by atoms with E-state index in [0.717, 1.165) is 5.56 Å². The molecule has 1 N–H and O–H groups in total. The SMILES string of the molecule is CCOc1cccc(-c2nc3nc(Cl)c(NS(=O)(=O)c4ccc(C)cn4)nc3n2-c2c(OC)cccc2OC)n1.[HH]. The standard InChI is InChI=1S/C26H24ClN7O5S.H2/c1-5-39-19-11-6-8-16(29-19)25-32-24-26(34(25)21-17(37-3)9-7-10-18(21)38-4)31-23(22(27)30-24)33-40(35,36)20-13-12-15(2)14-28-20;/h6-14H,5H2,1-4H3,(H,31,33);1H. The molecule has 0 saturated heterocycles. The predicted octanol–water partition coefficient (Wildman–Crippen LogP) is 4.70. The van der Waals surface area contributed by atoms with Crippen molar-refractivity contribution in [2.45, 2.75) is 18.9 Å². The van der Waals surface area contributed by atoms with Crippen LogP contribution in [0.2, 0.25) is 5.15 Å². The number of aryl methyl sites for hydroxylation is 1. The number of anilines is 1. The summed E-state index contributed by atoms with van der Waals surface area (Å²) >= 11 is 6.40. The molecule has 0 aliphatic heterocycles. The number of methoxy groups -OCH3 is 2. The lowest BCUT2D eigenvalue weighted by atomic mass is 10.2. The quantitative estimate of drug-likeness (QED) is 0.259. The van der Waals surface area contributed by atoms with Crippen molar-refractivity contribution in [1.82, 2.24) is 29.5 Å². The van der Waals surface area contributed by atoms with Gasteiger partial charge in [0.15, 0.2) is 33.1 Å². The van der Waals surface area contributed by atoms with Crippen LogP contribution >= 0.6 is 11.6 Å². The first kappa shape index (κ1) is 27.1. The van der Waals surface area contributed by atoms with E-state index >= 15 is 0 Å². The van der Waals surface area contributed by atoms with E-state index < -0.39 is 10.0 Å². The third-order valence-corrected chi connectivity index (χ3v) is 7.23. The number of rotatable bonds is 9. The van der Waals surface area contributed by atoms with E-state index in [0.29, 0.717) is 41.2 Å². The molecule has 0 aliphatic carbocycles. The number of benzene rings is 1. The van der Waals surface area contributed by atoms with Gasteiger partial charge in [-0.15, -0.1) is 0 Å². The average molecular weight is 584 g/mol. The minimum Gasteiger partial charge on any atom is -0.494 e. The number of imidazole rings is 1. The van der Waals surface area contributed by atoms with Crippen molar-refractivity contribution >= 4 is 38.7 Å². The number of ether oxygens (including phenoxy) is 3. The van der Waals surface area contributed by atoms with Crippen molar-refractivity contribution in [2.24, 2.45) is 0 Å². The molecule has 0 aliphatic rings. The van der Waals surface area contributed by atoms with Gasteiger partial charge in [0.05, 0.1) is 20.8 Å². The maximum atomic E-state index is 13.1. The lowest BCUT2D eigenvalue weighted by Crippen LogP contribution is -2.16. The predicted molar refractivity (Wildman–Crippen MR) is 151 cm³/mol. The van der Waals surface area contributed by atoms with Crippen LogP contribution < -0.4 is 18.9 Å². The van der Waals surface area contributed by atoms with Crippen LogP contribution in [-0.4, -0.2) is 58.7 Å². The van der Waals surface area contributed by atoms with E-state index in [1.54, 1.807) is 54.0 Å². The number of nitrogens with zero attached hydrogens (tertiary/aromatic N) is 6. The number of aromatic nitrogens is 6. The maximum Gasteiger partial charge on any atom is 0.280 e. The third-order valence-electron chi connectivity index (χ3n) is 5.71. The molecule has 12 nitrogen and oxygen atoms in total. The van der Waals surface area contributed by atoms with Crippen LogP contribution in [0.3, 0.4) is 0 Å². The van der Waals surface area contributed by atoms with Gasteiger partial charge in [0.25, 0.3) is 10.0 Å². The summed E-state index contributed by atoms with van der Waals surface area (Å²) in [6.45, 7) is 4.08. The van der Waals surface area contributed by atoms with Crippen molar-refractivity contribution < 1.29 is 24.1 Å². The fourth-order valence-electron chi connectivity index (χ4n) is 3.93. The Kier molecular flexibility index (Phi) is 7.41. The van der Waals surface area contributed by atoms with E-state index in [9.17, 15) is 8.42 Å². The fourth-order valence-corrected chi connectivity index (χ4v) is 5.10. The molecular formula is C26H26ClN7O5S. The first-order valence-corrected chi connectivity index (χ1v) is 13.8. The second kappa shape index (κ2) is 10.9. The molecule has 0 unspecified atom stereocenters. The van der Waals surface area contributed by atoms with E-state index in [1.165, 1.54) is 26.5 Å². The van der Waals surface area contributed by atoms with Crippen LogP contribution in [0, 0.1) is 6.92 Å². The number of halogens is 1. The Morgan fingerprint density at radius 1 is 0.975 bits per heavy atom. The van der Waals surface area contributed by atoms with E-state index in [1.807, 2.05) is 6.92 Å². The molecule has 1 aromatic carbocycles. The number of para-hydroxylation sites is 1. The topological polar surface area (TPSA) is 143 Å². The second-order valence-corrected chi connectivity index (χ2v) is 10.4. The van der Waals surface area contributed by atoms with Gasteiger partial charge in [-0.2, -0.15) is 8.42 Å². The second-order valence-electron chi connectivity index (χ2n) is 8.37. The van der Waals surface area contributed by atoms with E-state index in [-0.39, 0.29) is 28.7 Å². The largest absolute Gasteiger partial charge is 0.494 e. The zero-order chi connectivity index (χ0) is 28.4. The highest BCUT2D eigenvalue weighted by atomic mass is 35.5. The Labute approximate surface area is 236 Å². The number of fused-ring (bicyclic) bond motifs is 1. The number of hydrogen-bond donors (Lipinski definition) is 1. The number of hydrogen-bond acceptors (Lipinski definition) is 10. The van der Waals surface area contributed by atoms with Gasteiger partial charge in [-0.3, -0.25) is 9.29 Å². The number of pyridine rings is 2.